The third-order valence-corrected chi connectivity index (χ3v) is 8.09. The summed E-state index contributed by atoms with van der Waals surface area (Å²) in [6.07, 6.45) is 3.12. The maximum Gasteiger partial charge on any atom is 0.407 e. The number of allylic oxidation sites excluding steroid dienone is 1. The number of methoxy groups -OCH3 is 2. The van der Waals surface area contributed by atoms with Crippen molar-refractivity contribution in [3.8, 4) is 23.1 Å². The summed E-state index contributed by atoms with van der Waals surface area (Å²) < 4.78 is 10.6. The number of carbonyl (C=O) groups excluding carboxylic acids is 4. The standard InChI is InChI=1S/C38H51N9O6/c1-7-20-45(35(48)23-42-37(50)52-5)25-27(3)44-32(8-2)30-15-11-28(12-16-30)9-10-29-13-17-31(18-14-29)33-22-41-34(47(33)39)26-46(21-19-40-4)36(49)24-43-38(51)53-6/h8,11-18,22,27,40,44H,7,19-21,23-26,39H2,1-6H3,(H,42,50)(H,43,51)/b32-8-. The first-order valence-electron chi connectivity index (χ1n) is 17.3. The molecule has 0 radical (unpaired) electrons. The van der Waals surface area contributed by atoms with Crippen LogP contribution in [0.4, 0.5) is 9.59 Å². The van der Waals surface area contributed by atoms with E-state index in [0.717, 1.165) is 34.4 Å². The molecule has 1 heterocycles. The molecule has 3 aromatic rings. The SMILES string of the molecule is C/C=C(\NC(C)CN(CCC)C(=O)CNC(=O)OC)c1ccc(C#Cc2ccc(-c3cnc(CN(CCNC)C(=O)CNC(=O)OC)n3N)cc2)cc1. The van der Waals surface area contributed by atoms with Gasteiger partial charge in [0.25, 0.3) is 0 Å². The first-order valence-corrected chi connectivity index (χ1v) is 17.3. The van der Waals surface area contributed by atoms with E-state index in [1.165, 1.54) is 18.9 Å². The minimum atomic E-state index is -0.686. The van der Waals surface area contributed by atoms with Gasteiger partial charge in [0.05, 0.1) is 32.7 Å². The fourth-order valence-corrected chi connectivity index (χ4v) is 5.27. The van der Waals surface area contributed by atoms with Gasteiger partial charge in [0, 0.05) is 54.6 Å². The summed E-state index contributed by atoms with van der Waals surface area (Å²) in [7, 11) is 4.28. The molecule has 0 aliphatic heterocycles. The van der Waals surface area contributed by atoms with E-state index in [1.54, 1.807) is 23.0 Å². The number of nitrogens with zero attached hydrogens (tertiary/aromatic N) is 4. The van der Waals surface area contributed by atoms with Crippen LogP contribution in [0.25, 0.3) is 17.0 Å². The lowest BCUT2D eigenvalue weighted by Gasteiger charge is -2.27. The van der Waals surface area contributed by atoms with Crippen molar-refractivity contribution in [2.45, 2.75) is 39.8 Å². The third kappa shape index (κ3) is 12.9. The average molecular weight is 730 g/mol. The summed E-state index contributed by atoms with van der Waals surface area (Å²) >= 11 is 0. The largest absolute Gasteiger partial charge is 0.453 e. The van der Waals surface area contributed by atoms with Gasteiger partial charge in [0.15, 0.2) is 0 Å². The van der Waals surface area contributed by atoms with Crippen LogP contribution in [0.5, 0.6) is 0 Å². The fourth-order valence-electron chi connectivity index (χ4n) is 5.27. The monoisotopic (exact) mass is 729 g/mol. The van der Waals surface area contributed by atoms with Crippen LogP contribution in [-0.4, -0.2) is 110 Å². The highest BCUT2D eigenvalue weighted by molar-refractivity contribution is 5.83. The number of nitrogens with two attached hydrogens (primary N) is 1. The first kappa shape index (κ1) is 41.4. The number of carbonyl (C=O) groups is 4. The number of benzene rings is 2. The van der Waals surface area contributed by atoms with Crippen LogP contribution >= 0.6 is 0 Å². The van der Waals surface area contributed by atoms with E-state index in [2.05, 4.69) is 47.6 Å². The third-order valence-electron chi connectivity index (χ3n) is 8.09. The van der Waals surface area contributed by atoms with Crippen molar-refractivity contribution >= 4 is 29.7 Å². The molecule has 0 aliphatic rings. The predicted octanol–water partition coefficient (Wildman–Crippen LogP) is 2.50. The molecule has 0 aliphatic carbocycles. The Morgan fingerprint density at radius 3 is 2.00 bits per heavy atom. The summed E-state index contributed by atoms with van der Waals surface area (Å²) in [4.78, 5) is 56.1. The van der Waals surface area contributed by atoms with Crippen molar-refractivity contribution in [1.29, 1.82) is 0 Å². The van der Waals surface area contributed by atoms with Gasteiger partial charge >= 0.3 is 12.2 Å². The number of nitrogen functional groups attached to an aromatic ring is 1. The van der Waals surface area contributed by atoms with E-state index in [0.29, 0.717) is 37.7 Å². The minimum absolute atomic E-state index is 0.0501. The van der Waals surface area contributed by atoms with Gasteiger partial charge in [-0.1, -0.05) is 49.1 Å². The second kappa shape index (κ2) is 21.4. The number of imidazole rings is 1. The highest BCUT2D eigenvalue weighted by atomic mass is 16.5. The van der Waals surface area contributed by atoms with Crippen LogP contribution in [-0.2, 0) is 25.6 Å². The quantitative estimate of drug-likeness (QED) is 0.102. The number of ether oxygens (including phenoxy) is 2. The Balaban J connectivity index is 1.62. The molecule has 0 fully saturated rings. The zero-order valence-electron chi connectivity index (χ0n) is 31.3. The molecule has 53 heavy (non-hydrogen) atoms. The van der Waals surface area contributed by atoms with Gasteiger partial charge in [0.1, 0.15) is 18.9 Å². The van der Waals surface area contributed by atoms with Gasteiger partial charge in [-0.15, -0.1) is 0 Å². The molecule has 2 aromatic carbocycles. The van der Waals surface area contributed by atoms with Gasteiger partial charge in [-0.05, 0) is 57.1 Å². The summed E-state index contributed by atoms with van der Waals surface area (Å²) in [5.41, 5.74) is 5.09. The van der Waals surface area contributed by atoms with Crippen molar-refractivity contribution < 1.29 is 28.7 Å². The summed E-state index contributed by atoms with van der Waals surface area (Å²) in [5, 5.41) is 11.4. The van der Waals surface area contributed by atoms with E-state index >= 15 is 0 Å². The van der Waals surface area contributed by atoms with Crippen LogP contribution < -0.4 is 27.1 Å². The van der Waals surface area contributed by atoms with E-state index in [4.69, 9.17) is 5.84 Å². The number of likely N-dealkylation sites (N-methyl/N-ethyl adjacent to an activating group) is 1. The van der Waals surface area contributed by atoms with Crippen LogP contribution in [0.3, 0.4) is 0 Å². The van der Waals surface area contributed by atoms with Gasteiger partial charge in [-0.2, -0.15) is 0 Å². The lowest BCUT2D eigenvalue weighted by atomic mass is 10.1. The average Bonchev–Trinajstić information content (AvgIpc) is 3.54. The number of nitrogens with one attached hydrogen (secondary N) is 4. The molecule has 6 N–H and O–H groups in total. The molecule has 0 spiro atoms. The summed E-state index contributed by atoms with van der Waals surface area (Å²) in [6, 6.07) is 15.5. The molecular formula is C38H51N9O6. The topological polar surface area (TPSA) is 185 Å². The Hall–Kier alpha value is -6.01. The molecule has 4 amide bonds. The maximum atomic E-state index is 12.8. The first-order chi connectivity index (χ1) is 25.5. The van der Waals surface area contributed by atoms with E-state index in [-0.39, 0.29) is 37.5 Å². The molecule has 1 atom stereocenters. The zero-order valence-corrected chi connectivity index (χ0v) is 31.3. The Kier molecular flexibility index (Phi) is 16.7. The van der Waals surface area contributed by atoms with Crippen molar-refractivity contribution in [3.63, 3.8) is 0 Å². The van der Waals surface area contributed by atoms with Gasteiger partial charge in [-0.25, -0.2) is 19.2 Å². The summed E-state index contributed by atoms with van der Waals surface area (Å²) in [5.74, 6) is 12.8. The van der Waals surface area contributed by atoms with E-state index in [1.807, 2.05) is 75.4 Å². The number of amides is 4. The predicted molar refractivity (Wildman–Crippen MR) is 204 cm³/mol. The molecule has 3 rings (SSSR count). The molecule has 0 bridgehead atoms. The molecule has 0 saturated carbocycles. The van der Waals surface area contributed by atoms with Gasteiger partial charge in [-0.3, -0.25) is 9.59 Å². The molecule has 1 unspecified atom stereocenters. The number of hydrogen-bond acceptors (Lipinski definition) is 10. The van der Waals surface area contributed by atoms with Crippen molar-refractivity contribution in [2.75, 3.05) is 66.4 Å². The Labute approximate surface area is 311 Å². The number of hydrogen-bond donors (Lipinski definition) is 5. The zero-order chi connectivity index (χ0) is 38.8. The number of rotatable bonds is 17. The van der Waals surface area contributed by atoms with Crippen LogP contribution in [0.15, 0.2) is 60.8 Å². The highest BCUT2D eigenvalue weighted by Gasteiger charge is 2.20. The fraction of sp³-hybridized carbons (Fsp3) is 0.395. The molecule has 1 aromatic heterocycles. The van der Waals surface area contributed by atoms with E-state index in [9.17, 15) is 19.2 Å². The second-order valence-corrected chi connectivity index (χ2v) is 12.0. The minimum Gasteiger partial charge on any atom is -0.453 e. The molecule has 284 valence electrons. The molecule has 0 saturated heterocycles. The van der Waals surface area contributed by atoms with Crippen molar-refractivity contribution in [1.82, 2.24) is 40.7 Å². The normalized spacial score (nSPS) is 11.4. The molecular weight excluding hydrogens is 678 g/mol. The van der Waals surface area contributed by atoms with Gasteiger partial charge in [0.2, 0.25) is 11.8 Å². The van der Waals surface area contributed by atoms with Crippen LogP contribution in [0, 0.1) is 11.8 Å². The van der Waals surface area contributed by atoms with Crippen LogP contribution in [0.2, 0.25) is 0 Å². The lowest BCUT2D eigenvalue weighted by molar-refractivity contribution is -0.131. The van der Waals surface area contributed by atoms with Crippen molar-refractivity contribution in [3.05, 3.63) is 83.3 Å². The van der Waals surface area contributed by atoms with Crippen LogP contribution in [0.1, 0.15) is 49.7 Å². The Bertz CT molecular complexity index is 1760. The Morgan fingerprint density at radius 1 is 0.906 bits per heavy atom. The number of aromatic nitrogens is 2. The van der Waals surface area contributed by atoms with E-state index < -0.39 is 12.2 Å². The summed E-state index contributed by atoms with van der Waals surface area (Å²) in [6.45, 7) is 7.78. The lowest BCUT2D eigenvalue weighted by Crippen LogP contribution is -2.46. The van der Waals surface area contributed by atoms with Crippen molar-refractivity contribution in [2.24, 2.45) is 0 Å². The second-order valence-electron chi connectivity index (χ2n) is 12.0. The molecule has 15 heteroatoms. The number of alkyl carbamates (subject to hydrolysis) is 2. The Morgan fingerprint density at radius 2 is 1.47 bits per heavy atom. The van der Waals surface area contributed by atoms with Gasteiger partial charge < -0.3 is 46.4 Å². The smallest absolute Gasteiger partial charge is 0.407 e. The molecule has 15 nitrogen and oxygen atoms in total. The maximum absolute atomic E-state index is 12.8. The highest BCUT2D eigenvalue weighted by Crippen LogP contribution is 2.20.